The molecule has 3 nitrogen and oxygen atoms in total. The first-order chi connectivity index (χ1) is 8.48. The number of amides is 1. The summed E-state index contributed by atoms with van der Waals surface area (Å²) in [5.41, 5.74) is 4.87. The molecule has 1 aromatic carbocycles. The maximum Gasteiger partial charge on any atom is 0.231 e. The Kier molecular flexibility index (Phi) is 3.34. The van der Waals surface area contributed by atoms with E-state index in [9.17, 15) is 13.6 Å². The summed E-state index contributed by atoms with van der Waals surface area (Å²) in [5, 5.41) is 2.43. The number of nitrogens with two attached hydrogens (primary N) is 1. The van der Waals surface area contributed by atoms with E-state index in [1.54, 1.807) is 0 Å². The molecule has 1 saturated carbocycles. The fourth-order valence-corrected chi connectivity index (χ4v) is 2.57. The summed E-state index contributed by atoms with van der Waals surface area (Å²) < 4.78 is 26.4. The Morgan fingerprint density at radius 1 is 1.50 bits per heavy atom. The van der Waals surface area contributed by atoms with Gasteiger partial charge in [0.05, 0.1) is 11.1 Å². The second-order valence-corrected chi connectivity index (χ2v) is 5.05. The Bertz CT molecular complexity index is 470. The highest BCUT2D eigenvalue weighted by Crippen LogP contribution is 2.45. The number of carbonyl (C=O) groups is 1. The molecule has 5 heteroatoms. The van der Waals surface area contributed by atoms with Crippen molar-refractivity contribution in [3.05, 3.63) is 29.8 Å². The van der Waals surface area contributed by atoms with E-state index in [0.717, 1.165) is 6.07 Å². The van der Waals surface area contributed by atoms with Crippen molar-refractivity contribution in [1.29, 1.82) is 0 Å². The lowest BCUT2D eigenvalue weighted by molar-refractivity contribution is -0.132. The number of anilines is 1. The van der Waals surface area contributed by atoms with Crippen LogP contribution in [-0.4, -0.2) is 12.5 Å². The average molecular weight is 254 g/mol. The van der Waals surface area contributed by atoms with Gasteiger partial charge in [0.15, 0.2) is 11.6 Å². The summed E-state index contributed by atoms with van der Waals surface area (Å²) >= 11 is 0. The summed E-state index contributed by atoms with van der Waals surface area (Å²) in [6.07, 6.45) is 1.37. The van der Waals surface area contributed by atoms with Crippen molar-refractivity contribution in [2.75, 3.05) is 11.9 Å². The van der Waals surface area contributed by atoms with Crippen molar-refractivity contribution in [1.82, 2.24) is 0 Å². The minimum Gasteiger partial charge on any atom is -0.329 e. The largest absolute Gasteiger partial charge is 0.329 e. The molecule has 0 radical (unpaired) electrons. The summed E-state index contributed by atoms with van der Waals surface area (Å²) in [4.78, 5) is 12.1. The van der Waals surface area contributed by atoms with Gasteiger partial charge >= 0.3 is 0 Å². The molecule has 3 N–H and O–H groups in total. The molecule has 98 valence electrons. The Morgan fingerprint density at radius 2 is 2.17 bits per heavy atom. The van der Waals surface area contributed by atoms with Crippen molar-refractivity contribution < 1.29 is 13.6 Å². The van der Waals surface area contributed by atoms with Gasteiger partial charge in [-0.3, -0.25) is 4.79 Å². The summed E-state index contributed by atoms with van der Waals surface area (Å²) in [7, 11) is 0. The van der Waals surface area contributed by atoms with Gasteiger partial charge in [-0.1, -0.05) is 13.0 Å². The molecule has 0 aliphatic heterocycles. The predicted molar refractivity (Wildman–Crippen MR) is 64.9 cm³/mol. The fourth-order valence-electron chi connectivity index (χ4n) is 2.57. The van der Waals surface area contributed by atoms with Crippen LogP contribution < -0.4 is 11.1 Å². The lowest BCUT2D eigenvalue weighted by Crippen LogP contribution is -2.51. The molecule has 1 aliphatic carbocycles. The number of hydrogen-bond acceptors (Lipinski definition) is 2. The van der Waals surface area contributed by atoms with E-state index in [1.807, 2.05) is 6.92 Å². The zero-order valence-electron chi connectivity index (χ0n) is 10.2. The third-order valence-corrected chi connectivity index (χ3v) is 3.55. The van der Waals surface area contributed by atoms with E-state index >= 15 is 0 Å². The lowest BCUT2D eigenvalue weighted by Gasteiger charge is -2.44. The van der Waals surface area contributed by atoms with E-state index in [2.05, 4.69) is 5.32 Å². The normalized spacial score (nSPS) is 26.6. The van der Waals surface area contributed by atoms with Gasteiger partial charge in [-0.15, -0.1) is 0 Å². The second-order valence-electron chi connectivity index (χ2n) is 5.05. The fraction of sp³-hybridized carbons (Fsp3) is 0.462. The third kappa shape index (κ3) is 2.10. The van der Waals surface area contributed by atoms with Gasteiger partial charge in [0.2, 0.25) is 5.91 Å². The Balaban J connectivity index is 2.14. The standard InChI is InChI=1S/C13H16F2N2O/c1-8-5-13(6-8,7-16)12(18)17-10-4-2-3-9(14)11(10)15/h2-4,8H,5-7,16H2,1H3,(H,17,18). The first-order valence-electron chi connectivity index (χ1n) is 5.94. The van der Waals surface area contributed by atoms with Gasteiger partial charge in [-0.05, 0) is 30.9 Å². The minimum atomic E-state index is -1.04. The second kappa shape index (κ2) is 4.65. The van der Waals surface area contributed by atoms with E-state index in [-0.39, 0.29) is 18.1 Å². The van der Waals surface area contributed by atoms with E-state index in [1.165, 1.54) is 12.1 Å². The van der Waals surface area contributed by atoms with Crippen molar-refractivity contribution in [2.24, 2.45) is 17.1 Å². The first kappa shape index (κ1) is 13.0. The SMILES string of the molecule is CC1CC(CN)(C(=O)Nc2cccc(F)c2F)C1. The lowest BCUT2D eigenvalue weighted by atomic mass is 9.62. The molecule has 0 heterocycles. The van der Waals surface area contributed by atoms with Crippen LogP contribution in [-0.2, 0) is 4.79 Å². The number of rotatable bonds is 3. The number of nitrogens with one attached hydrogen (secondary N) is 1. The van der Waals surface area contributed by atoms with Crippen LogP contribution in [0.25, 0.3) is 0 Å². The number of hydrogen-bond donors (Lipinski definition) is 2. The van der Waals surface area contributed by atoms with E-state index in [0.29, 0.717) is 18.8 Å². The minimum absolute atomic E-state index is 0.132. The van der Waals surface area contributed by atoms with Gasteiger partial charge < -0.3 is 11.1 Å². The maximum atomic E-state index is 13.4. The molecule has 0 saturated heterocycles. The van der Waals surface area contributed by atoms with Crippen molar-refractivity contribution in [3.63, 3.8) is 0 Å². The number of benzene rings is 1. The quantitative estimate of drug-likeness (QED) is 0.869. The summed E-state index contributed by atoms with van der Waals surface area (Å²) in [6.45, 7) is 2.25. The van der Waals surface area contributed by atoms with Crippen molar-refractivity contribution in [3.8, 4) is 0 Å². The van der Waals surface area contributed by atoms with Gasteiger partial charge in [-0.25, -0.2) is 8.78 Å². The number of halogens is 2. The van der Waals surface area contributed by atoms with Crippen LogP contribution in [0.4, 0.5) is 14.5 Å². The van der Waals surface area contributed by atoms with Crippen LogP contribution in [0, 0.1) is 23.0 Å². The molecular formula is C13H16F2N2O. The molecule has 1 aromatic rings. The van der Waals surface area contributed by atoms with Gasteiger partial charge in [0, 0.05) is 6.54 Å². The monoisotopic (exact) mass is 254 g/mol. The van der Waals surface area contributed by atoms with E-state index < -0.39 is 17.0 Å². The van der Waals surface area contributed by atoms with Crippen LogP contribution in [0.3, 0.4) is 0 Å². The maximum absolute atomic E-state index is 13.4. The highest BCUT2D eigenvalue weighted by atomic mass is 19.2. The molecule has 1 aliphatic rings. The van der Waals surface area contributed by atoms with Crippen LogP contribution in [0.1, 0.15) is 19.8 Å². The van der Waals surface area contributed by atoms with Crippen LogP contribution >= 0.6 is 0 Å². The predicted octanol–water partition coefficient (Wildman–Crippen LogP) is 2.28. The van der Waals surface area contributed by atoms with Crippen molar-refractivity contribution >= 4 is 11.6 Å². The Hall–Kier alpha value is -1.49. The topological polar surface area (TPSA) is 55.1 Å². The molecule has 0 unspecified atom stereocenters. The van der Waals surface area contributed by atoms with Gasteiger partial charge in [0.1, 0.15) is 0 Å². The number of carbonyl (C=O) groups excluding carboxylic acids is 1. The smallest absolute Gasteiger partial charge is 0.231 e. The zero-order valence-corrected chi connectivity index (χ0v) is 10.2. The van der Waals surface area contributed by atoms with E-state index in [4.69, 9.17) is 5.73 Å². The molecular weight excluding hydrogens is 238 g/mol. The zero-order chi connectivity index (χ0) is 13.3. The summed E-state index contributed by atoms with van der Waals surface area (Å²) in [6, 6.07) is 3.70. The Labute approximate surface area is 104 Å². The van der Waals surface area contributed by atoms with Crippen LogP contribution in [0.5, 0.6) is 0 Å². The van der Waals surface area contributed by atoms with Crippen molar-refractivity contribution in [2.45, 2.75) is 19.8 Å². The molecule has 18 heavy (non-hydrogen) atoms. The highest BCUT2D eigenvalue weighted by Gasteiger charge is 2.47. The molecule has 1 amide bonds. The molecule has 0 bridgehead atoms. The highest BCUT2D eigenvalue weighted by molar-refractivity contribution is 5.96. The van der Waals surface area contributed by atoms with Crippen LogP contribution in [0.2, 0.25) is 0 Å². The molecule has 1 fully saturated rings. The van der Waals surface area contributed by atoms with Gasteiger partial charge in [-0.2, -0.15) is 0 Å². The first-order valence-corrected chi connectivity index (χ1v) is 5.94. The molecule has 0 aromatic heterocycles. The third-order valence-electron chi connectivity index (χ3n) is 3.55. The Morgan fingerprint density at radius 3 is 2.72 bits per heavy atom. The molecule has 0 atom stereocenters. The summed E-state index contributed by atoms with van der Waals surface area (Å²) in [5.74, 6) is -1.90. The average Bonchev–Trinajstić information content (AvgIpc) is 2.30. The van der Waals surface area contributed by atoms with Gasteiger partial charge in [0.25, 0.3) is 0 Å². The molecule has 0 spiro atoms. The van der Waals surface area contributed by atoms with Crippen LogP contribution in [0.15, 0.2) is 18.2 Å². The molecule has 2 rings (SSSR count).